The zero-order valence-electron chi connectivity index (χ0n) is 21.6. The number of nitrogens with one attached hydrogen (secondary N) is 1. The topological polar surface area (TPSA) is 100 Å². The van der Waals surface area contributed by atoms with Crippen LogP contribution in [-0.2, 0) is 23.9 Å². The Hall–Kier alpha value is -3.29. The minimum Gasteiger partial charge on any atom is -0.493 e. The van der Waals surface area contributed by atoms with Crippen LogP contribution in [0.4, 0.5) is 0 Å². The number of ether oxygens (including phenoxy) is 4. The quantitative estimate of drug-likeness (QED) is 0.461. The molecule has 0 spiro atoms. The number of rotatable bonds is 6. The van der Waals surface area contributed by atoms with E-state index in [4.69, 9.17) is 18.9 Å². The standard InChI is InChI=1S/C28H35NO7/c1-15-13-19-25(26(30)22(15)27(31)35-5)24(17-11-12-20(33-3)21(14-17)34-4)23(16(2)29-19)28(32)36-18-9-7-6-8-10-18/h11-12,14-15,18,22,24,29H,6-10,13H2,1-5H3/t15-,22-,24+/m1/s1. The lowest BCUT2D eigenvalue weighted by Crippen LogP contribution is -2.43. The Balaban J connectivity index is 1.82. The van der Waals surface area contributed by atoms with Gasteiger partial charge in [0.25, 0.3) is 0 Å². The van der Waals surface area contributed by atoms with Gasteiger partial charge in [0, 0.05) is 22.9 Å². The molecule has 1 heterocycles. The Morgan fingerprint density at radius 1 is 1.00 bits per heavy atom. The molecule has 2 aliphatic carbocycles. The fourth-order valence-corrected chi connectivity index (χ4v) is 5.71. The molecular formula is C28H35NO7. The Bertz CT molecular complexity index is 1110. The predicted octanol–water partition coefficient (Wildman–Crippen LogP) is 4.19. The van der Waals surface area contributed by atoms with Gasteiger partial charge in [-0.05, 0) is 62.6 Å². The summed E-state index contributed by atoms with van der Waals surface area (Å²) in [7, 11) is 4.37. The van der Waals surface area contributed by atoms with Crippen molar-refractivity contribution in [2.45, 2.75) is 64.4 Å². The third-order valence-corrected chi connectivity index (χ3v) is 7.53. The van der Waals surface area contributed by atoms with E-state index in [0.717, 1.165) is 37.8 Å². The third kappa shape index (κ3) is 4.73. The summed E-state index contributed by atoms with van der Waals surface area (Å²) in [4.78, 5) is 40.1. The second kappa shape index (κ2) is 10.8. The van der Waals surface area contributed by atoms with Crippen LogP contribution in [0, 0.1) is 11.8 Å². The Morgan fingerprint density at radius 3 is 2.33 bits per heavy atom. The van der Waals surface area contributed by atoms with Gasteiger partial charge in [-0.15, -0.1) is 0 Å². The number of carbonyl (C=O) groups is 3. The summed E-state index contributed by atoms with van der Waals surface area (Å²) in [5, 5.41) is 3.31. The molecule has 1 fully saturated rings. The molecule has 194 valence electrons. The molecular weight excluding hydrogens is 462 g/mol. The number of ketones is 1. The molecule has 3 atom stereocenters. The number of carbonyl (C=O) groups excluding carboxylic acids is 3. The summed E-state index contributed by atoms with van der Waals surface area (Å²) in [5.41, 5.74) is 2.82. The highest BCUT2D eigenvalue weighted by atomic mass is 16.5. The lowest BCUT2D eigenvalue weighted by Gasteiger charge is -2.38. The number of esters is 2. The van der Waals surface area contributed by atoms with E-state index in [1.54, 1.807) is 19.2 Å². The first kappa shape index (κ1) is 25.8. The molecule has 1 aromatic rings. The van der Waals surface area contributed by atoms with Crippen molar-refractivity contribution in [2.75, 3.05) is 21.3 Å². The van der Waals surface area contributed by atoms with Gasteiger partial charge in [-0.2, -0.15) is 0 Å². The van der Waals surface area contributed by atoms with Crippen molar-refractivity contribution in [2.24, 2.45) is 11.8 Å². The van der Waals surface area contributed by atoms with Crippen molar-refractivity contribution in [1.29, 1.82) is 0 Å². The summed E-state index contributed by atoms with van der Waals surface area (Å²) in [6, 6.07) is 5.35. The largest absolute Gasteiger partial charge is 0.493 e. The van der Waals surface area contributed by atoms with E-state index in [2.05, 4.69) is 5.32 Å². The maximum absolute atomic E-state index is 13.9. The van der Waals surface area contributed by atoms with Gasteiger partial charge in [0.1, 0.15) is 12.0 Å². The van der Waals surface area contributed by atoms with E-state index in [9.17, 15) is 14.4 Å². The van der Waals surface area contributed by atoms with Gasteiger partial charge in [0.05, 0.1) is 26.9 Å². The highest BCUT2D eigenvalue weighted by molar-refractivity contribution is 6.12. The Morgan fingerprint density at radius 2 is 1.69 bits per heavy atom. The minimum atomic E-state index is -0.938. The fourth-order valence-electron chi connectivity index (χ4n) is 5.71. The number of methoxy groups -OCH3 is 3. The van der Waals surface area contributed by atoms with Crippen LogP contribution < -0.4 is 14.8 Å². The van der Waals surface area contributed by atoms with Crippen LogP contribution in [0.5, 0.6) is 11.5 Å². The normalized spacial score (nSPS) is 24.6. The smallest absolute Gasteiger partial charge is 0.337 e. The first-order chi connectivity index (χ1) is 17.3. The van der Waals surface area contributed by atoms with Crippen LogP contribution in [0.1, 0.15) is 63.9 Å². The number of hydrogen-bond acceptors (Lipinski definition) is 8. The van der Waals surface area contributed by atoms with E-state index < -0.39 is 23.8 Å². The van der Waals surface area contributed by atoms with Crippen LogP contribution in [-0.4, -0.2) is 45.2 Å². The Kier molecular flexibility index (Phi) is 7.71. The number of benzene rings is 1. The van der Waals surface area contributed by atoms with Gasteiger partial charge in [0.15, 0.2) is 17.3 Å². The van der Waals surface area contributed by atoms with Crippen LogP contribution >= 0.6 is 0 Å². The molecule has 1 N–H and O–H groups in total. The second-order valence-electron chi connectivity index (χ2n) is 9.82. The number of hydrogen-bond donors (Lipinski definition) is 1. The zero-order valence-corrected chi connectivity index (χ0v) is 21.6. The van der Waals surface area contributed by atoms with Crippen molar-refractivity contribution < 1.29 is 33.3 Å². The SMILES string of the molecule is COC(=O)[C@H]1C(=O)C2=C(C[C@H]1C)NC(C)=C(C(=O)OC1CCCCC1)[C@@H]2c1ccc(OC)c(OC)c1. The first-order valence-electron chi connectivity index (χ1n) is 12.6. The number of Topliss-reactive ketones (excluding diaryl/α,β-unsaturated/α-hetero) is 1. The molecule has 1 aromatic carbocycles. The van der Waals surface area contributed by atoms with Crippen molar-refractivity contribution in [1.82, 2.24) is 5.32 Å². The first-order valence-corrected chi connectivity index (χ1v) is 12.6. The molecule has 4 rings (SSSR count). The van der Waals surface area contributed by atoms with Gasteiger partial charge in [-0.25, -0.2) is 4.79 Å². The van der Waals surface area contributed by atoms with E-state index >= 15 is 0 Å². The van der Waals surface area contributed by atoms with E-state index in [1.807, 2.05) is 19.9 Å². The summed E-state index contributed by atoms with van der Waals surface area (Å²) < 4.78 is 21.9. The third-order valence-electron chi connectivity index (χ3n) is 7.53. The molecule has 0 unspecified atom stereocenters. The van der Waals surface area contributed by atoms with E-state index in [-0.39, 0.29) is 17.8 Å². The molecule has 1 aliphatic heterocycles. The highest BCUT2D eigenvalue weighted by Crippen LogP contribution is 2.47. The van der Waals surface area contributed by atoms with E-state index in [1.165, 1.54) is 14.2 Å². The summed E-state index contributed by atoms with van der Waals surface area (Å²) in [5.74, 6) is -2.23. The number of dihydropyridines is 1. The highest BCUT2D eigenvalue weighted by Gasteiger charge is 2.47. The second-order valence-corrected chi connectivity index (χ2v) is 9.82. The van der Waals surface area contributed by atoms with Crippen molar-refractivity contribution in [3.8, 4) is 11.5 Å². The summed E-state index contributed by atoms with van der Waals surface area (Å²) in [6.45, 7) is 3.69. The van der Waals surface area contributed by atoms with Crippen molar-refractivity contribution in [3.05, 3.63) is 46.3 Å². The van der Waals surface area contributed by atoms with Gasteiger partial charge in [0.2, 0.25) is 0 Å². The van der Waals surface area contributed by atoms with Crippen LogP contribution in [0.25, 0.3) is 0 Å². The fraction of sp³-hybridized carbons (Fsp3) is 0.536. The van der Waals surface area contributed by atoms with Crippen LogP contribution in [0.2, 0.25) is 0 Å². The molecule has 36 heavy (non-hydrogen) atoms. The molecule has 0 radical (unpaired) electrons. The zero-order chi connectivity index (χ0) is 26.0. The summed E-state index contributed by atoms with van der Waals surface area (Å²) >= 11 is 0. The molecule has 8 nitrogen and oxygen atoms in total. The Labute approximate surface area is 212 Å². The summed E-state index contributed by atoms with van der Waals surface area (Å²) in [6.07, 6.45) is 5.21. The van der Waals surface area contributed by atoms with Crippen LogP contribution in [0.3, 0.4) is 0 Å². The average molecular weight is 498 g/mol. The van der Waals surface area contributed by atoms with Gasteiger partial charge in [-0.3, -0.25) is 9.59 Å². The predicted molar refractivity (Wildman–Crippen MR) is 132 cm³/mol. The molecule has 0 amide bonds. The van der Waals surface area contributed by atoms with Gasteiger partial charge < -0.3 is 24.3 Å². The van der Waals surface area contributed by atoms with E-state index in [0.29, 0.717) is 40.3 Å². The maximum atomic E-state index is 13.9. The molecule has 1 saturated carbocycles. The lowest BCUT2D eigenvalue weighted by molar-refractivity contribution is -0.151. The maximum Gasteiger partial charge on any atom is 0.337 e. The van der Waals surface area contributed by atoms with Gasteiger partial charge >= 0.3 is 11.9 Å². The molecule has 0 saturated heterocycles. The van der Waals surface area contributed by atoms with Crippen molar-refractivity contribution in [3.63, 3.8) is 0 Å². The van der Waals surface area contributed by atoms with Gasteiger partial charge in [-0.1, -0.05) is 19.4 Å². The monoisotopic (exact) mass is 497 g/mol. The van der Waals surface area contributed by atoms with Crippen molar-refractivity contribution >= 4 is 17.7 Å². The molecule has 3 aliphatic rings. The molecule has 8 heteroatoms. The average Bonchev–Trinajstić information content (AvgIpc) is 2.87. The molecule has 0 aromatic heterocycles. The van der Waals surface area contributed by atoms with Crippen LogP contribution in [0.15, 0.2) is 40.7 Å². The lowest BCUT2D eigenvalue weighted by atomic mass is 9.69. The molecule has 0 bridgehead atoms. The number of allylic oxidation sites excluding steroid dienone is 3. The minimum absolute atomic E-state index is 0.141.